The molecule has 0 aromatic rings. The van der Waals surface area contributed by atoms with E-state index in [1.807, 2.05) is 0 Å². The zero-order chi connectivity index (χ0) is 36.9. The molecule has 1 aliphatic heterocycles. The number of rotatable bonds is 8. The van der Waals surface area contributed by atoms with Crippen molar-refractivity contribution < 1.29 is 28.2 Å². The smallest absolute Gasteiger partial charge is 0.311 e. The first-order valence-electron chi connectivity index (χ1n) is 20.0. The van der Waals surface area contributed by atoms with Crippen molar-refractivity contribution in [3.8, 4) is 0 Å². The van der Waals surface area contributed by atoms with Crippen LogP contribution in [0.1, 0.15) is 106 Å². The summed E-state index contributed by atoms with van der Waals surface area (Å²) < 4.78 is 24.1. The largest absolute Gasteiger partial charge is 0.481 e. The van der Waals surface area contributed by atoms with Gasteiger partial charge in [-0.1, -0.05) is 58.9 Å². The van der Waals surface area contributed by atoms with Gasteiger partial charge in [0.05, 0.1) is 23.3 Å². The van der Waals surface area contributed by atoms with Crippen LogP contribution in [0.2, 0.25) is 0 Å². The van der Waals surface area contributed by atoms with E-state index in [0.717, 1.165) is 31.5 Å². The molecule has 1 heterocycles. The topological polar surface area (TPSA) is 124 Å². The second kappa shape index (κ2) is 12.5. The number of hydrogen-bond donors (Lipinski definition) is 3. The van der Waals surface area contributed by atoms with Crippen LogP contribution in [0.4, 0.5) is 0 Å². The fourth-order valence-corrected chi connectivity index (χ4v) is 15.8. The minimum absolute atomic E-state index is 0.112. The van der Waals surface area contributed by atoms with Crippen LogP contribution >= 0.6 is 0 Å². The summed E-state index contributed by atoms with van der Waals surface area (Å²) in [6, 6.07) is 0. The molecule has 6 aliphatic carbocycles. The molecule has 0 aromatic carbocycles. The molecule has 9 heteroatoms. The summed E-state index contributed by atoms with van der Waals surface area (Å²) in [6.07, 6.45) is 15.0. The lowest BCUT2D eigenvalue weighted by Crippen LogP contribution is -2.68. The van der Waals surface area contributed by atoms with E-state index >= 15 is 0 Å². The molecule has 0 radical (unpaired) electrons. The lowest BCUT2D eigenvalue weighted by molar-refractivity contribution is -0.221. The van der Waals surface area contributed by atoms with Crippen molar-refractivity contribution in [2.75, 3.05) is 37.7 Å². The lowest BCUT2D eigenvalue weighted by Gasteiger charge is -2.72. The molecule has 11 atom stereocenters. The van der Waals surface area contributed by atoms with Crippen LogP contribution in [-0.2, 0) is 19.4 Å². The molecular formula is C42H64N2O6S. The highest BCUT2D eigenvalue weighted by Gasteiger charge is 2.70. The molecule has 1 saturated heterocycles. The van der Waals surface area contributed by atoms with Gasteiger partial charge >= 0.3 is 11.9 Å². The van der Waals surface area contributed by atoms with Gasteiger partial charge in [-0.3, -0.25) is 9.59 Å². The second-order valence-corrected chi connectivity index (χ2v) is 21.8. The molecule has 0 aromatic heterocycles. The van der Waals surface area contributed by atoms with E-state index < -0.39 is 33.6 Å². The highest BCUT2D eigenvalue weighted by molar-refractivity contribution is 7.91. The van der Waals surface area contributed by atoms with E-state index in [1.54, 1.807) is 6.08 Å². The average molecular weight is 725 g/mol. The number of fused-ring (bicyclic) bond motifs is 7. The highest BCUT2D eigenvalue weighted by atomic mass is 32.2. The zero-order valence-corrected chi connectivity index (χ0v) is 32.9. The molecule has 7 rings (SSSR count). The Balaban J connectivity index is 1.14. The molecule has 4 saturated carbocycles. The van der Waals surface area contributed by atoms with Gasteiger partial charge in [-0.05, 0) is 134 Å². The Labute approximate surface area is 306 Å². The van der Waals surface area contributed by atoms with Gasteiger partial charge in [-0.25, -0.2) is 8.42 Å². The minimum atomic E-state index is -2.88. The Bertz CT molecular complexity index is 1630. The summed E-state index contributed by atoms with van der Waals surface area (Å²) in [5, 5.41) is 23.9. The van der Waals surface area contributed by atoms with E-state index in [0.29, 0.717) is 49.1 Å². The standard InChI is InChI=1S/C42H64N2O6S/c1-26(2)28-10-15-42(43-18-19-44-20-22-51(49,50)23-21-44)17-16-40(6)32(35(28)42)8-9-34-39(5)13-11-31(38(3,4)33(39)12-14-41(34,40)7)27-24-29(36(45)46)30(25-27)37(47)48/h11,24,28-30,32-35,43H,1,8-10,12-23,25H2,2-7H3,(H,45,46)(H,47,48)/t28-,29?,30?,32+,33-,34+,35+,39-,40+,41+,42-/m0/s1. The van der Waals surface area contributed by atoms with Gasteiger partial charge in [-0.15, -0.1) is 0 Å². The predicted molar refractivity (Wildman–Crippen MR) is 201 cm³/mol. The minimum Gasteiger partial charge on any atom is -0.481 e. The lowest BCUT2D eigenvalue weighted by atomic mass is 9.33. The monoisotopic (exact) mass is 724 g/mol. The summed E-state index contributed by atoms with van der Waals surface area (Å²) >= 11 is 0. The van der Waals surface area contributed by atoms with Crippen molar-refractivity contribution in [3.05, 3.63) is 35.5 Å². The van der Waals surface area contributed by atoms with Gasteiger partial charge in [0.25, 0.3) is 0 Å². The molecule has 0 bridgehead atoms. The Kier molecular flexibility index (Phi) is 9.19. The number of hydrogen-bond acceptors (Lipinski definition) is 6. The van der Waals surface area contributed by atoms with Crippen LogP contribution in [0.25, 0.3) is 0 Å². The van der Waals surface area contributed by atoms with Gasteiger partial charge in [0.1, 0.15) is 0 Å². The highest BCUT2D eigenvalue weighted by Crippen LogP contribution is 2.76. The van der Waals surface area contributed by atoms with Crippen LogP contribution in [0.5, 0.6) is 0 Å². The first kappa shape index (κ1) is 37.3. The number of nitrogens with zero attached hydrogens (tertiary/aromatic N) is 1. The molecule has 284 valence electrons. The van der Waals surface area contributed by atoms with E-state index in [1.165, 1.54) is 56.1 Å². The Morgan fingerprint density at radius 3 is 2.24 bits per heavy atom. The molecule has 0 amide bonds. The summed E-state index contributed by atoms with van der Waals surface area (Å²) in [6.45, 7) is 22.5. The molecular weight excluding hydrogens is 661 g/mol. The first-order chi connectivity index (χ1) is 23.8. The van der Waals surface area contributed by atoms with Crippen LogP contribution in [-0.4, -0.2) is 78.7 Å². The van der Waals surface area contributed by atoms with Crippen LogP contribution in [0, 0.1) is 63.1 Å². The molecule has 0 spiro atoms. The van der Waals surface area contributed by atoms with E-state index in [9.17, 15) is 28.2 Å². The number of carboxylic acids is 2. The third-order valence-electron chi connectivity index (χ3n) is 17.2. The Morgan fingerprint density at radius 1 is 0.902 bits per heavy atom. The number of carboxylic acid groups (broad SMARTS) is 2. The third-order valence-corrected chi connectivity index (χ3v) is 18.8. The Morgan fingerprint density at radius 2 is 1.61 bits per heavy atom. The van der Waals surface area contributed by atoms with Gasteiger partial charge < -0.3 is 20.4 Å². The summed E-state index contributed by atoms with van der Waals surface area (Å²) in [5.74, 6) is -0.641. The summed E-state index contributed by atoms with van der Waals surface area (Å²) in [4.78, 5) is 26.4. The number of allylic oxidation sites excluding steroid dienone is 4. The van der Waals surface area contributed by atoms with Crippen molar-refractivity contribution in [1.29, 1.82) is 0 Å². The molecule has 2 unspecified atom stereocenters. The van der Waals surface area contributed by atoms with Crippen molar-refractivity contribution in [2.45, 2.75) is 111 Å². The normalized spacial score (nSPS) is 45.7. The SMILES string of the molecule is C=C(C)[C@@H]1CC[C@]2(NCCN3CCS(=O)(=O)CC3)CC[C@]3(C)[C@H](CC[C@@H]4[C@@]5(C)CC=C(C6=CC(C(=O)O)C(C(=O)O)C6)C(C)(C)[C@@H]5CC[C@]43C)[C@@H]12. The molecule has 3 N–H and O–H groups in total. The van der Waals surface area contributed by atoms with Gasteiger partial charge in [-0.2, -0.15) is 0 Å². The van der Waals surface area contributed by atoms with E-state index in [-0.39, 0.29) is 38.7 Å². The number of nitrogens with one attached hydrogen (secondary N) is 1. The van der Waals surface area contributed by atoms with Gasteiger partial charge in [0.2, 0.25) is 0 Å². The number of aliphatic carboxylic acids is 2. The molecule has 51 heavy (non-hydrogen) atoms. The Hall–Kier alpha value is -1.97. The maximum Gasteiger partial charge on any atom is 0.311 e. The first-order valence-corrected chi connectivity index (χ1v) is 21.8. The van der Waals surface area contributed by atoms with Crippen molar-refractivity contribution in [1.82, 2.24) is 10.2 Å². The van der Waals surface area contributed by atoms with Crippen molar-refractivity contribution in [2.24, 2.45) is 63.1 Å². The van der Waals surface area contributed by atoms with E-state index in [2.05, 4.69) is 64.4 Å². The van der Waals surface area contributed by atoms with Crippen LogP contribution < -0.4 is 5.32 Å². The van der Waals surface area contributed by atoms with Crippen molar-refractivity contribution >= 4 is 21.8 Å². The van der Waals surface area contributed by atoms with Gasteiger partial charge in [0.15, 0.2) is 9.84 Å². The molecule has 8 nitrogen and oxygen atoms in total. The fraction of sp³-hybridized carbons (Fsp3) is 0.810. The van der Waals surface area contributed by atoms with Crippen molar-refractivity contribution in [3.63, 3.8) is 0 Å². The summed E-state index contributed by atoms with van der Waals surface area (Å²) in [7, 11) is -2.88. The summed E-state index contributed by atoms with van der Waals surface area (Å²) in [5.41, 5.74) is 3.94. The molecule has 5 fully saturated rings. The fourth-order valence-electron chi connectivity index (χ4n) is 14.5. The quantitative estimate of drug-likeness (QED) is 0.229. The van der Waals surface area contributed by atoms with Crippen LogP contribution in [0.3, 0.4) is 0 Å². The van der Waals surface area contributed by atoms with Gasteiger partial charge in [0, 0.05) is 31.7 Å². The predicted octanol–water partition coefficient (Wildman–Crippen LogP) is 6.98. The zero-order valence-electron chi connectivity index (χ0n) is 32.1. The molecule has 7 aliphatic rings. The third kappa shape index (κ3) is 5.66. The van der Waals surface area contributed by atoms with Crippen LogP contribution in [0.15, 0.2) is 35.5 Å². The maximum absolute atomic E-state index is 12.1. The van der Waals surface area contributed by atoms with E-state index in [4.69, 9.17) is 0 Å². The maximum atomic E-state index is 12.1. The average Bonchev–Trinajstić information content (AvgIpc) is 3.66. The number of sulfone groups is 1. The second-order valence-electron chi connectivity index (χ2n) is 19.5. The number of carbonyl (C=O) groups is 2.